The molecule has 1 nitrogen and oxygen atoms in total. The normalized spacial score (nSPS) is 15.2. The maximum atomic E-state index is 14.1. The highest BCUT2D eigenvalue weighted by molar-refractivity contribution is 5.84. The average molecular weight is 230 g/mol. The van der Waals surface area contributed by atoms with E-state index in [0.29, 0.717) is 17.4 Å². The lowest BCUT2D eigenvalue weighted by atomic mass is 10.0. The third kappa shape index (κ3) is 1.25. The molecule has 0 saturated carbocycles. The first kappa shape index (κ1) is 10.1. The molecular formula is C14H8F2O. The fraction of sp³-hybridized carbons (Fsp3) is 0.0714. The van der Waals surface area contributed by atoms with Crippen molar-refractivity contribution in [2.75, 3.05) is 0 Å². The molecule has 3 rings (SSSR count). The Bertz CT molecular complexity index is 617. The Morgan fingerprint density at radius 2 is 1.65 bits per heavy atom. The summed E-state index contributed by atoms with van der Waals surface area (Å²) < 4.78 is 28.3. The van der Waals surface area contributed by atoms with Gasteiger partial charge in [-0.2, -0.15) is 8.78 Å². The van der Waals surface area contributed by atoms with E-state index in [0.717, 1.165) is 0 Å². The van der Waals surface area contributed by atoms with Crippen LogP contribution in [0.2, 0.25) is 0 Å². The van der Waals surface area contributed by atoms with Crippen molar-refractivity contribution in [1.82, 2.24) is 0 Å². The van der Waals surface area contributed by atoms with Gasteiger partial charge >= 0.3 is 0 Å². The summed E-state index contributed by atoms with van der Waals surface area (Å²) >= 11 is 0. The molecule has 1 aliphatic carbocycles. The van der Waals surface area contributed by atoms with Crippen LogP contribution in [0.1, 0.15) is 21.5 Å². The predicted molar refractivity (Wildman–Crippen MR) is 60.3 cm³/mol. The first-order valence-corrected chi connectivity index (χ1v) is 5.22. The average Bonchev–Trinajstić information content (AvgIpc) is 2.59. The van der Waals surface area contributed by atoms with Gasteiger partial charge in [0.2, 0.25) is 0 Å². The van der Waals surface area contributed by atoms with Crippen LogP contribution in [0.15, 0.2) is 42.5 Å². The minimum absolute atomic E-state index is 0.0121. The second-order valence-electron chi connectivity index (χ2n) is 4.04. The molecule has 1 aliphatic rings. The number of hydrogen-bond acceptors (Lipinski definition) is 1. The molecule has 0 spiro atoms. The van der Waals surface area contributed by atoms with Gasteiger partial charge in [-0.3, -0.25) is 4.79 Å². The van der Waals surface area contributed by atoms with Gasteiger partial charge in [0.05, 0.1) is 0 Å². The van der Waals surface area contributed by atoms with Crippen molar-refractivity contribution in [3.8, 4) is 11.1 Å². The number of alkyl halides is 2. The summed E-state index contributed by atoms with van der Waals surface area (Å²) in [7, 11) is 0. The van der Waals surface area contributed by atoms with Crippen LogP contribution in [0.25, 0.3) is 11.1 Å². The summed E-state index contributed by atoms with van der Waals surface area (Å²) in [6.07, 6.45) is 0.583. The van der Waals surface area contributed by atoms with Crippen molar-refractivity contribution >= 4 is 6.29 Å². The van der Waals surface area contributed by atoms with Gasteiger partial charge in [0, 0.05) is 16.7 Å². The fourth-order valence-electron chi connectivity index (χ4n) is 2.27. The summed E-state index contributed by atoms with van der Waals surface area (Å²) in [6, 6.07) is 10.8. The number of hydrogen-bond donors (Lipinski definition) is 0. The van der Waals surface area contributed by atoms with E-state index in [9.17, 15) is 13.6 Å². The van der Waals surface area contributed by atoms with E-state index in [-0.39, 0.29) is 16.7 Å². The smallest absolute Gasteiger partial charge is 0.298 e. The van der Waals surface area contributed by atoms with Gasteiger partial charge in [-0.05, 0) is 17.2 Å². The molecule has 0 N–H and O–H groups in total. The summed E-state index contributed by atoms with van der Waals surface area (Å²) in [6.45, 7) is 0. The Balaban J connectivity index is 2.35. The minimum atomic E-state index is -3.01. The van der Waals surface area contributed by atoms with Crippen LogP contribution in [-0.2, 0) is 5.92 Å². The molecule has 0 aliphatic heterocycles. The Morgan fingerprint density at radius 1 is 0.941 bits per heavy atom. The van der Waals surface area contributed by atoms with Crippen LogP contribution in [0.5, 0.6) is 0 Å². The van der Waals surface area contributed by atoms with Crippen molar-refractivity contribution in [3.05, 3.63) is 59.2 Å². The highest BCUT2D eigenvalue weighted by Gasteiger charge is 2.44. The summed E-state index contributed by atoms with van der Waals surface area (Å²) in [5.74, 6) is -3.01. The Kier molecular flexibility index (Phi) is 1.93. The maximum Gasteiger partial charge on any atom is 0.299 e. The molecule has 0 amide bonds. The molecule has 0 fully saturated rings. The van der Waals surface area contributed by atoms with Gasteiger partial charge in [-0.1, -0.05) is 36.4 Å². The van der Waals surface area contributed by atoms with E-state index in [1.807, 2.05) is 0 Å². The van der Waals surface area contributed by atoms with Crippen molar-refractivity contribution in [2.45, 2.75) is 5.92 Å². The van der Waals surface area contributed by atoms with Gasteiger partial charge in [0.15, 0.2) is 0 Å². The highest BCUT2D eigenvalue weighted by Crippen LogP contribution is 2.50. The van der Waals surface area contributed by atoms with Crippen LogP contribution in [0, 0.1) is 0 Å². The molecule has 0 saturated heterocycles. The Morgan fingerprint density at radius 3 is 2.41 bits per heavy atom. The molecule has 3 heteroatoms. The maximum absolute atomic E-state index is 14.1. The number of aldehydes is 1. The molecule has 84 valence electrons. The molecule has 0 heterocycles. The molecule has 2 aromatic carbocycles. The van der Waals surface area contributed by atoms with Gasteiger partial charge in [0.1, 0.15) is 6.29 Å². The van der Waals surface area contributed by atoms with E-state index in [1.165, 1.54) is 12.1 Å². The largest absolute Gasteiger partial charge is 0.299 e. The lowest BCUT2D eigenvalue weighted by Gasteiger charge is -2.11. The molecule has 17 heavy (non-hydrogen) atoms. The van der Waals surface area contributed by atoms with E-state index < -0.39 is 5.92 Å². The lowest BCUT2D eigenvalue weighted by Crippen LogP contribution is -2.11. The second-order valence-corrected chi connectivity index (χ2v) is 4.04. The Hall–Kier alpha value is -2.03. The van der Waals surface area contributed by atoms with Gasteiger partial charge < -0.3 is 0 Å². The summed E-state index contributed by atoms with van der Waals surface area (Å²) in [5, 5.41) is 0. The first-order chi connectivity index (χ1) is 8.14. The molecule has 0 atom stereocenters. The standard InChI is InChI=1S/C14H8F2O/c15-14(16)12-4-2-1-3-10(12)11-6-5-9(8-17)7-13(11)14/h1-8H. The lowest BCUT2D eigenvalue weighted by molar-refractivity contribution is 0.0480. The number of benzene rings is 2. The summed E-state index contributed by atoms with van der Waals surface area (Å²) in [4.78, 5) is 10.6. The number of rotatable bonds is 1. The van der Waals surface area contributed by atoms with Gasteiger partial charge in [-0.15, -0.1) is 0 Å². The molecule has 0 radical (unpaired) electrons. The second kappa shape index (κ2) is 3.23. The topological polar surface area (TPSA) is 17.1 Å². The monoisotopic (exact) mass is 230 g/mol. The fourth-order valence-corrected chi connectivity index (χ4v) is 2.27. The van der Waals surface area contributed by atoms with Crippen LogP contribution in [-0.4, -0.2) is 6.29 Å². The number of carbonyl (C=O) groups excluding carboxylic acids is 1. The van der Waals surface area contributed by atoms with Crippen LogP contribution >= 0.6 is 0 Å². The van der Waals surface area contributed by atoms with E-state index in [1.54, 1.807) is 30.3 Å². The van der Waals surface area contributed by atoms with Crippen LogP contribution in [0.3, 0.4) is 0 Å². The van der Waals surface area contributed by atoms with Crippen LogP contribution in [0.4, 0.5) is 8.78 Å². The van der Waals surface area contributed by atoms with Crippen molar-refractivity contribution in [1.29, 1.82) is 0 Å². The third-order valence-electron chi connectivity index (χ3n) is 3.07. The number of halogens is 2. The third-order valence-corrected chi connectivity index (χ3v) is 3.07. The minimum Gasteiger partial charge on any atom is -0.298 e. The molecular weight excluding hydrogens is 222 g/mol. The number of fused-ring (bicyclic) bond motifs is 3. The summed E-state index contributed by atoms with van der Waals surface area (Å²) in [5.41, 5.74) is 1.26. The van der Waals surface area contributed by atoms with Crippen molar-refractivity contribution in [2.24, 2.45) is 0 Å². The Labute approximate surface area is 96.7 Å². The molecule has 0 aromatic heterocycles. The van der Waals surface area contributed by atoms with Gasteiger partial charge in [-0.25, -0.2) is 0 Å². The highest BCUT2D eigenvalue weighted by atomic mass is 19.3. The van der Waals surface area contributed by atoms with E-state index in [2.05, 4.69) is 0 Å². The van der Waals surface area contributed by atoms with Crippen LogP contribution < -0.4 is 0 Å². The quantitative estimate of drug-likeness (QED) is 0.684. The molecule has 0 bridgehead atoms. The zero-order chi connectivity index (χ0) is 12.0. The predicted octanol–water partition coefficient (Wildman–Crippen LogP) is 3.62. The van der Waals surface area contributed by atoms with Crippen molar-refractivity contribution in [3.63, 3.8) is 0 Å². The SMILES string of the molecule is O=Cc1ccc2c(c1)C(F)(F)c1ccccc1-2. The first-order valence-electron chi connectivity index (χ1n) is 5.22. The number of carbonyl (C=O) groups is 1. The zero-order valence-electron chi connectivity index (χ0n) is 8.78. The van der Waals surface area contributed by atoms with E-state index >= 15 is 0 Å². The molecule has 2 aromatic rings. The van der Waals surface area contributed by atoms with Crippen molar-refractivity contribution < 1.29 is 13.6 Å². The van der Waals surface area contributed by atoms with Gasteiger partial charge in [0.25, 0.3) is 5.92 Å². The zero-order valence-corrected chi connectivity index (χ0v) is 8.78. The molecule has 0 unspecified atom stereocenters. The van der Waals surface area contributed by atoms with E-state index in [4.69, 9.17) is 0 Å².